The molecule has 3 N–H and O–H groups in total. The molecular weight excluding hydrogens is 610 g/mol. The number of nitrogens with zero attached hydrogens (tertiary/aromatic N) is 2. The summed E-state index contributed by atoms with van der Waals surface area (Å²) in [4.78, 5) is 57.1. The number of H-pyrrole nitrogens is 1. The summed E-state index contributed by atoms with van der Waals surface area (Å²) in [6.45, 7) is 5.20. The van der Waals surface area contributed by atoms with Crippen molar-refractivity contribution < 1.29 is 27.5 Å². The molecule has 0 radical (unpaired) electrons. The number of ether oxygens (including phenoxy) is 1. The van der Waals surface area contributed by atoms with Gasteiger partial charge in [0.1, 0.15) is 17.9 Å². The van der Waals surface area contributed by atoms with Gasteiger partial charge in [-0.3, -0.25) is 9.59 Å². The number of aromatic nitrogens is 2. The lowest BCUT2D eigenvalue weighted by Crippen LogP contribution is -2.34. The van der Waals surface area contributed by atoms with Crippen molar-refractivity contribution in [1.29, 1.82) is 0 Å². The van der Waals surface area contributed by atoms with Gasteiger partial charge in [0.15, 0.2) is 10.7 Å². The maximum absolute atomic E-state index is 12.7. The number of benzene rings is 3. The molecule has 1 atom stereocenters. The molecule has 4 aromatic rings. The van der Waals surface area contributed by atoms with Gasteiger partial charge in [-0.05, 0) is 86.7 Å². The highest BCUT2D eigenvalue weighted by Gasteiger charge is 2.21. The summed E-state index contributed by atoms with van der Waals surface area (Å²) in [6, 6.07) is 16.4. The maximum atomic E-state index is 12.7. The number of hydrogen-bond acceptors (Lipinski definition) is 9. The fourth-order valence-electron chi connectivity index (χ4n) is 4.73. The molecule has 4 rings (SSSR count). The second-order valence-electron chi connectivity index (χ2n) is 11.8. The van der Waals surface area contributed by atoms with Crippen molar-refractivity contribution in [3.8, 4) is 0 Å². The number of aryl methyl sites for hydroxylation is 1. The zero-order valence-corrected chi connectivity index (χ0v) is 26.9. The summed E-state index contributed by atoms with van der Waals surface area (Å²) in [7, 11) is -1.41. The highest BCUT2D eigenvalue weighted by Crippen LogP contribution is 2.23. The normalized spacial score (nSPS) is 12.0. The van der Waals surface area contributed by atoms with E-state index in [0.717, 1.165) is 17.4 Å². The second kappa shape index (κ2) is 14.8. The fraction of sp³-hybridized carbons (Fsp3) is 0.303. The minimum absolute atomic E-state index is 0.0205. The minimum Gasteiger partial charge on any atom is -0.444 e. The fourth-order valence-corrected chi connectivity index (χ4v) is 5.30. The predicted octanol–water partition coefficient (Wildman–Crippen LogP) is 4.57. The van der Waals surface area contributed by atoms with Crippen molar-refractivity contribution in [2.24, 2.45) is 0 Å². The van der Waals surface area contributed by atoms with Crippen LogP contribution < -0.4 is 16.2 Å². The van der Waals surface area contributed by atoms with Crippen LogP contribution in [0.15, 0.2) is 76.7 Å². The first-order chi connectivity index (χ1) is 21.8. The Bertz CT molecular complexity index is 1860. The molecule has 0 aliphatic carbocycles. The Hall–Kier alpha value is -5.04. The van der Waals surface area contributed by atoms with Gasteiger partial charge in [0.25, 0.3) is 5.56 Å². The number of aldehydes is 1. The number of amides is 2. The summed E-state index contributed by atoms with van der Waals surface area (Å²) in [5, 5.41) is 6.36. The smallest absolute Gasteiger partial charge is 0.410 e. The lowest BCUT2D eigenvalue weighted by molar-refractivity contribution is -0.116. The Morgan fingerprint density at radius 1 is 1.04 bits per heavy atom. The number of carbonyl (C=O) groups is 3. The largest absolute Gasteiger partial charge is 0.444 e. The average Bonchev–Trinajstić information content (AvgIpc) is 3.00. The summed E-state index contributed by atoms with van der Waals surface area (Å²) in [6.07, 6.45) is 2.93. The van der Waals surface area contributed by atoms with Gasteiger partial charge < -0.3 is 30.0 Å². The van der Waals surface area contributed by atoms with Crippen LogP contribution in [0.3, 0.4) is 0 Å². The van der Waals surface area contributed by atoms with E-state index in [1.165, 1.54) is 30.4 Å². The molecule has 0 saturated heterocycles. The Kier molecular flexibility index (Phi) is 10.9. The lowest BCUT2D eigenvalue weighted by atomic mass is 10.0. The molecule has 1 heterocycles. The third-order valence-corrected chi connectivity index (χ3v) is 7.81. The van der Waals surface area contributed by atoms with Gasteiger partial charge in [-0.15, -0.1) is 0 Å². The number of nitrogens with one attached hydrogen (secondary N) is 3. The third kappa shape index (κ3) is 9.24. The van der Waals surface area contributed by atoms with E-state index in [-0.39, 0.29) is 29.3 Å². The lowest BCUT2D eigenvalue weighted by Gasteiger charge is -2.25. The van der Waals surface area contributed by atoms with E-state index in [1.54, 1.807) is 45.0 Å². The predicted molar refractivity (Wildman–Crippen MR) is 176 cm³/mol. The van der Waals surface area contributed by atoms with Crippen molar-refractivity contribution in [3.05, 3.63) is 94.0 Å². The molecule has 13 heteroatoms. The van der Waals surface area contributed by atoms with Crippen molar-refractivity contribution in [2.75, 3.05) is 17.7 Å². The molecule has 0 aliphatic rings. The summed E-state index contributed by atoms with van der Waals surface area (Å²) < 4.78 is 29.0. The Morgan fingerprint density at radius 2 is 1.76 bits per heavy atom. The molecule has 0 saturated carbocycles. The van der Waals surface area contributed by atoms with Crippen LogP contribution in [0.5, 0.6) is 0 Å². The molecule has 242 valence electrons. The molecule has 1 unspecified atom stereocenters. The van der Waals surface area contributed by atoms with E-state index < -0.39 is 28.4 Å². The van der Waals surface area contributed by atoms with E-state index in [9.17, 15) is 27.6 Å². The van der Waals surface area contributed by atoms with Crippen molar-refractivity contribution >= 4 is 51.3 Å². The van der Waals surface area contributed by atoms with E-state index in [1.807, 2.05) is 24.3 Å². The van der Waals surface area contributed by atoms with E-state index in [0.29, 0.717) is 40.7 Å². The van der Waals surface area contributed by atoms with Gasteiger partial charge in [0.05, 0.1) is 28.7 Å². The zero-order chi connectivity index (χ0) is 33.4. The van der Waals surface area contributed by atoms with Gasteiger partial charge in [0, 0.05) is 24.8 Å². The van der Waals surface area contributed by atoms with Crippen molar-refractivity contribution in [3.63, 3.8) is 0 Å². The number of rotatable bonds is 12. The number of fused-ring (bicyclic) bond motifs is 1. The van der Waals surface area contributed by atoms with Gasteiger partial charge in [-0.25, -0.2) is 18.2 Å². The first-order valence-electron chi connectivity index (χ1n) is 14.6. The van der Waals surface area contributed by atoms with Crippen LogP contribution in [0.25, 0.3) is 10.9 Å². The molecule has 1 aromatic heterocycles. The molecule has 12 nitrogen and oxygen atoms in total. The molecule has 2 amide bonds. The van der Waals surface area contributed by atoms with Gasteiger partial charge >= 0.3 is 6.09 Å². The summed E-state index contributed by atoms with van der Waals surface area (Å²) in [5.41, 5.74) is 2.70. The molecule has 0 fully saturated rings. The Labute approximate surface area is 268 Å². The van der Waals surface area contributed by atoms with Gasteiger partial charge in [-0.1, -0.05) is 24.3 Å². The molecule has 0 aliphatic heterocycles. The number of thiol groups is 1. The maximum Gasteiger partial charge on any atom is 0.410 e. The zero-order valence-electron chi connectivity index (χ0n) is 26.0. The van der Waals surface area contributed by atoms with Crippen LogP contribution in [-0.2, 0) is 38.0 Å². The van der Waals surface area contributed by atoms with Crippen molar-refractivity contribution in [2.45, 2.75) is 63.1 Å². The second-order valence-corrected chi connectivity index (χ2v) is 12.8. The monoisotopic (exact) mass is 647 g/mol. The van der Waals surface area contributed by atoms with E-state index in [4.69, 9.17) is 4.74 Å². The van der Waals surface area contributed by atoms with Gasteiger partial charge in [0.2, 0.25) is 5.91 Å². The number of anilines is 2. The Balaban J connectivity index is 1.31. The Morgan fingerprint density at radius 3 is 2.43 bits per heavy atom. The SMILES string of the molecule is CN(Cc1cc(NC(=O)CCCc2ccc(C(C=O)Nc3ccc4nc[nH]c(=O)c4c3)cc2)ccc1[SH](=O)=O)C(=O)OC(C)(C)C. The van der Waals surface area contributed by atoms with Crippen LogP contribution >= 0.6 is 0 Å². The highest BCUT2D eigenvalue weighted by atomic mass is 32.2. The molecule has 3 aromatic carbocycles. The summed E-state index contributed by atoms with van der Waals surface area (Å²) in [5.74, 6) is -0.239. The van der Waals surface area contributed by atoms with Crippen LogP contribution in [-0.4, -0.2) is 54.2 Å². The van der Waals surface area contributed by atoms with Crippen LogP contribution in [0, 0.1) is 0 Å². The topological polar surface area (TPSA) is 168 Å². The quantitative estimate of drug-likeness (QED) is 0.127. The minimum atomic E-state index is -2.92. The van der Waals surface area contributed by atoms with Gasteiger partial charge in [-0.2, -0.15) is 0 Å². The van der Waals surface area contributed by atoms with Crippen LogP contribution in [0.4, 0.5) is 16.2 Å². The third-order valence-electron chi connectivity index (χ3n) is 6.98. The van der Waals surface area contributed by atoms with Crippen molar-refractivity contribution in [1.82, 2.24) is 14.9 Å². The molecule has 0 spiro atoms. The number of hydrogen-bond donors (Lipinski definition) is 4. The first-order valence-corrected chi connectivity index (χ1v) is 15.8. The molecule has 46 heavy (non-hydrogen) atoms. The first kappa shape index (κ1) is 33.8. The van der Waals surface area contributed by atoms with Crippen LogP contribution in [0.2, 0.25) is 0 Å². The van der Waals surface area contributed by atoms with E-state index in [2.05, 4.69) is 20.6 Å². The molecule has 0 bridgehead atoms. The van der Waals surface area contributed by atoms with Crippen LogP contribution in [0.1, 0.15) is 56.3 Å². The molecular formula is C33H37N5O7S. The summed E-state index contributed by atoms with van der Waals surface area (Å²) >= 11 is 0. The van der Waals surface area contributed by atoms with E-state index >= 15 is 0 Å². The standard InChI is InChI=1S/C33H37N5O7S/c1-33(2,3)45-32(42)38(4)18-23-16-24(13-15-29(23)46(43)44)37-30(40)7-5-6-21-8-10-22(11-9-21)28(19-39)36-25-12-14-27-26(17-25)31(41)35-20-34-27/h8-17,19-20,28,36,46H,5-7,18H2,1-4H3,(H,37,40)(H,34,35,41). The average molecular weight is 648 g/mol. The number of carbonyl (C=O) groups excluding carboxylic acids is 3. The number of aromatic amines is 1. The highest BCUT2D eigenvalue weighted by molar-refractivity contribution is 7.72.